The van der Waals surface area contributed by atoms with E-state index in [4.69, 9.17) is 0 Å². The van der Waals surface area contributed by atoms with Crippen molar-refractivity contribution in [2.45, 2.75) is 39.3 Å². The molecule has 1 amide bonds. The maximum atomic E-state index is 12.7. The Balaban J connectivity index is 2.07. The Morgan fingerprint density at radius 3 is 2.59 bits per heavy atom. The van der Waals surface area contributed by atoms with Gasteiger partial charge in [-0.1, -0.05) is 12.1 Å². The molecule has 2 rings (SSSR count). The zero-order chi connectivity index (χ0) is 16.1. The first-order chi connectivity index (χ1) is 10.5. The van der Waals surface area contributed by atoms with E-state index in [2.05, 4.69) is 5.32 Å². The van der Waals surface area contributed by atoms with Gasteiger partial charge in [0.05, 0.1) is 10.8 Å². The zero-order valence-corrected chi connectivity index (χ0v) is 13.1. The van der Waals surface area contributed by atoms with Gasteiger partial charge in [0, 0.05) is 31.3 Å². The lowest BCUT2D eigenvalue weighted by atomic mass is 9.97. The van der Waals surface area contributed by atoms with Gasteiger partial charge >= 0.3 is 0 Å². The summed E-state index contributed by atoms with van der Waals surface area (Å²) in [6.07, 6.45) is 1.95. The number of hydrogen-bond donors (Lipinski definition) is 1. The molecule has 1 aliphatic rings. The van der Waals surface area contributed by atoms with E-state index in [1.165, 1.54) is 12.1 Å². The van der Waals surface area contributed by atoms with Crippen molar-refractivity contribution in [3.05, 3.63) is 39.9 Å². The van der Waals surface area contributed by atoms with Crippen LogP contribution in [0.2, 0.25) is 0 Å². The van der Waals surface area contributed by atoms with E-state index in [1.54, 1.807) is 12.1 Å². The summed E-state index contributed by atoms with van der Waals surface area (Å²) in [5, 5.41) is 14.0. The van der Waals surface area contributed by atoms with Crippen LogP contribution in [-0.2, 0) is 11.3 Å². The van der Waals surface area contributed by atoms with Gasteiger partial charge in [-0.05, 0) is 38.8 Å². The number of nitro groups is 1. The second-order valence-electron chi connectivity index (χ2n) is 6.03. The van der Waals surface area contributed by atoms with Crippen LogP contribution in [0.15, 0.2) is 24.3 Å². The molecule has 1 atom stereocenters. The Labute approximate surface area is 130 Å². The van der Waals surface area contributed by atoms with Crippen LogP contribution < -0.4 is 5.32 Å². The van der Waals surface area contributed by atoms with Crippen molar-refractivity contribution in [1.82, 2.24) is 10.2 Å². The maximum absolute atomic E-state index is 12.7. The van der Waals surface area contributed by atoms with E-state index in [9.17, 15) is 14.9 Å². The van der Waals surface area contributed by atoms with Crippen LogP contribution in [-0.4, -0.2) is 34.9 Å². The summed E-state index contributed by atoms with van der Waals surface area (Å²) < 4.78 is 0. The first kappa shape index (κ1) is 16.4. The van der Waals surface area contributed by atoms with Crippen molar-refractivity contribution in [2.24, 2.45) is 5.92 Å². The molecule has 1 saturated heterocycles. The summed E-state index contributed by atoms with van der Waals surface area (Å²) in [7, 11) is 0. The van der Waals surface area contributed by atoms with Gasteiger partial charge in [-0.3, -0.25) is 14.9 Å². The number of non-ortho nitro benzene ring substituents is 1. The molecule has 0 spiro atoms. The fourth-order valence-electron chi connectivity index (χ4n) is 2.73. The van der Waals surface area contributed by atoms with Crippen molar-refractivity contribution < 1.29 is 9.72 Å². The Morgan fingerprint density at radius 2 is 2.09 bits per heavy atom. The van der Waals surface area contributed by atoms with Crippen molar-refractivity contribution in [1.29, 1.82) is 0 Å². The summed E-state index contributed by atoms with van der Waals surface area (Å²) in [5.41, 5.74) is 0.985. The van der Waals surface area contributed by atoms with Crippen molar-refractivity contribution in [3.63, 3.8) is 0 Å². The molecule has 1 unspecified atom stereocenters. The van der Waals surface area contributed by atoms with Gasteiger partial charge in [-0.15, -0.1) is 0 Å². The molecule has 120 valence electrons. The number of nitro benzene ring substituents is 1. The number of nitrogens with one attached hydrogen (secondary N) is 1. The minimum Gasteiger partial charge on any atom is -0.336 e. The molecule has 0 aliphatic carbocycles. The lowest BCUT2D eigenvalue weighted by Gasteiger charge is -2.32. The van der Waals surface area contributed by atoms with Crippen LogP contribution >= 0.6 is 0 Å². The average Bonchev–Trinajstić information content (AvgIpc) is 2.53. The largest absolute Gasteiger partial charge is 0.336 e. The van der Waals surface area contributed by atoms with Crippen molar-refractivity contribution in [3.8, 4) is 0 Å². The van der Waals surface area contributed by atoms with Gasteiger partial charge in [-0.25, -0.2) is 0 Å². The number of hydrogen-bond acceptors (Lipinski definition) is 4. The first-order valence-corrected chi connectivity index (χ1v) is 7.73. The molecule has 1 heterocycles. The third-order valence-electron chi connectivity index (χ3n) is 4.05. The molecule has 0 saturated carbocycles. The summed E-state index contributed by atoms with van der Waals surface area (Å²) in [4.78, 5) is 24.8. The van der Waals surface area contributed by atoms with Gasteiger partial charge in [0.25, 0.3) is 5.69 Å². The molecule has 6 nitrogen and oxygen atoms in total. The lowest BCUT2D eigenvalue weighted by molar-refractivity contribution is -0.384. The number of amides is 1. The van der Waals surface area contributed by atoms with Crippen LogP contribution in [0.3, 0.4) is 0 Å². The Morgan fingerprint density at radius 1 is 1.41 bits per heavy atom. The van der Waals surface area contributed by atoms with Gasteiger partial charge in [-0.2, -0.15) is 0 Å². The summed E-state index contributed by atoms with van der Waals surface area (Å²) in [6, 6.07) is 6.52. The fourth-order valence-corrected chi connectivity index (χ4v) is 2.73. The highest BCUT2D eigenvalue weighted by Gasteiger charge is 2.27. The minimum atomic E-state index is -0.414. The highest BCUT2D eigenvalue weighted by Crippen LogP contribution is 2.19. The third-order valence-corrected chi connectivity index (χ3v) is 4.05. The molecule has 0 aromatic heterocycles. The number of piperidine rings is 1. The quantitative estimate of drug-likeness (QED) is 0.669. The normalized spacial score (nSPS) is 18.2. The van der Waals surface area contributed by atoms with Crippen molar-refractivity contribution in [2.75, 3.05) is 13.1 Å². The maximum Gasteiger partial charge on any atom is 0.269 e. The predicted molar refractivity (Wildman–Crippen MR) is 84.4 cm³/mol. The Bertz CT molecular complexity index is 522. The smallest absolute Gasteiger partial charge is 0.269 e. The van der Waals surface area contributed by atoms with Gasteiger partial charge in [0.2, 0.25) is 5.91 Å². The Hall–Kier alpha value is -1.95. The van der Waals surface area contributed by atoms with E-state index >= 15 is 0 Å². The SMILES string of the molecule is CC(C)N(Cc1ccc([N+](=O)[O-])cc1)C(=O)C1CCCNC1. The van der Waals surface area contributed by atoms with Crippen LogP contribution in [0, 0.1) is 16.0 Å². The second kappa shape index (κ2) is 7.35. The van der Waals surface area contributed by atoms with E-state index in [0.29, 0.717) is 6.54 Å². The van der Waals surface area contributed by atoms with Crippen LogP contribution in [0.4, 0.5) is 5.69 Å². The van der Waals surface area contributed by atoms with Crippen LogP contribution in [0.25, 0.3) is 0 Å². The highest BCUT2D eigenvalue weighted by atomic mass is 16.6. The fraction of sp³-hybridized carbons (Fsp3) is 0.562. The third kappa shape index (κ3) is 4.04. The number of carbonyl (C=O) groups is 1. The number of carbonyl (C=O) groups excluding carboxylic acids is 1. The van der Waals surface area contributed by atoms with Crippen LogP contribution in [0.1, 0.15) is 32.3 Å². The lowest BCUT2D eigenvalue weighted by Crippen LogP contribution is -2.45. The predicted octanol–water partition coefficient (Wildman–Crippen LogP) is 2.33. The number of benzene rings is 1. The first-order valence-electron chi connectivity index (χ1n) is 7.73. The molecule has 1 aromatic carbocycles. The molecule has 1 aliphatic heterocycles. The van der Waals surface area contributed by atoms with Gasteiger partial charge < -0.3 is 10.2 Å². The summed E-state index contributed by atoms with van der Waals surface area (Å²) in [6.45, 7) is 6.21. The molecule has 6 heteroatoms. The van der Waals surface area contributed by atoms with Crippen molar-refractivity contribution >= 4 is 11.6 Å². The van der Waals surface area contributed by atoms with Crippen LogP contribution in [0.5, 0.6) is 0 Å². The van der Waals surface area contributed by atoms with Gasteiger partial charge in [0.15, 0.2) is 0 Å². The second-order valence-corrected chi connectivity index (χ2v) is 6.03. The molecule has 22 heavy (non-hydrogen) atoms. The van der Waals surface area contributed by atoms with E-state index in [-0.39, 0.29) is 23.6 Å². The molecular formula is C16H23N3O3. The minimum absolute atomic E-state index is 0.0363. The summed E-state index contributed by atoms with van der Waals surface area (Å²) in [5.74, 6) is 0.203. The Kier molecular flexibility index (Phi) is 5.49. The molecular weight excluding hydrogens is 282 g/mol. The van der Waals surface area contributed by atoms with Gasteiger partial charge in [0.1, 0.15) is 0 Å². The average molecular weight is 305 g/mol. The van der Waals surface area contributed by atoms with E-state index < -0.39 is 4.92 Å². The molecule has 0 bridgehead atoms. The molecule has 1 fully saturated rings. The monoisotopic (exact) mass is 305 g/mol. The summed E-state index contributed by atoms with van der Waals surface area (Å²) >= 11 is 0. The number of nitrogens with zero attached hydrogens (tertiary/aromatic N) is 2. The topological polar surface area (TPSA) is 75.5 Å². The molecule has 0 radical (unpaired) electrons. The highest BCUT2D eigenvalue weighted by molar-refractivity contribution is 5.79. The van der Waals surface area contributed by atoms with E-state index in [1.807, 2.05) is 18.7 Å². The zero-order valence-electron chi connectivity index (χ0n) is 13.1. The number of rotatable bonds is 5. The standard InChI is InChI=1S/C16H23N3O3/c1-12(2)18(16(20)14-4-3-9-17-10-14)11-13-5-7-15(8-6-13)19(21)22/h5-8,12,14,17H,3-4,9-11H2,1-2H3. The van der Waals surface area contributed by atoms with E-state index in [0.717, 1.165) is 31.5 Å². The molecule has 1 aromatic rings. The molecule has 1 N–H and O–H groups in total.